The van der Waals surface area contributed by atoms with E-state index >= 15 is 0 Å². The SMILES string of the molecule is CC1=C(C)C(S(=O)(=O)c2ccccc2)c2ccc(CO)cc21. The third-order valence-corrected chi connectivity index (χ3v) is 6.51. The lowest BCUT2D eigenvalue weighted by Gasteiger charge is -2.16. The zero-order valence-corrected chi connectivity index (χ0v) is 13.4. The van der Waals surface area contributed by atoms with E-state index in [1.54, 1.807) is 30.3 Å². The summed E-state index contributed by atoms with van der Waals surface area (Å²) in [6, 6.07) is 14.1. The smallest absolute Gasteiger partial charge is 0.189 e. The number of hydrogen-bond acceptors (Lipinski definition) is 3. The van der Waals surface area contributed by atoms with Crippen LogP contribution in [0.2, 0.25) is 0 Å². The molecule has 0 heterocycles. The first-order valence-electron chi connectivity index (χ1n) is 7.17. The molecule has 0 saturated carbocycles. The molecule has 0 fully saturated rings. The highest BCUT2D eigenvalue weighted by atomic mass is 32.2. The highest BCUT2D eigenvalue weighted by molar-refractivity contribution is 7.92. The molecule has 0 radical (unpaired) electrons. The summed E-state index contributed by atoms with van der Waals surface area (Å²) in [5.74, 6) is 0. The standard InChI is InChI=1S/C18H18O3S/c1-12-13(2)18(16-9-8-14(11-19)10-17(12)16)22(20,21)15-6-4-3-5-7-15/h3-10,18-19H,11H2,1-2H3. The second kappa shape index (κ2) is 5.38. The van der Waals surface area contributed by atoms with E-state index in [9.17, 15) is 13.5 Å². The number of rotatable bonds is 3. The van der Waals surface area contributed by atoms with Crippen LogP contribution in [0.1, 0.15) is 35.8 Å². The Morgan fingerprint density at radius 1 is 1.05 bits per heavy atom. The van der Waals surface area contributed by atoms with Gasteiger partial charge < -0.3 is 5.11 Å². The molecule has 22 heavy (non-hydrogen) atoms. The fraction of sp³-hybridized carbons (Fsp3) is 0.222. The third-order valence-electron chi connectivity index (χ3n) is 4.35. The Morgan fingerprint density at radius 3 is 2.36 bits per heavy atom. The first-order valence-corrected chi connectivity index (χ1v) is 8.72. The molecule has 1 atom stereocenters. The number of aliphatic hydroxyl groups excluding tert-OH is 1. The van der Waals surface area contributed by atoms with Crippen LogP contribution in [-0.2, 0) is 16.4 Å². The van der Waals surface area contributed by atoms with E-state index in [1.807, 2.05) is 32.0 Å². The molecule has 0 amide bonds. The molecular formula is C18H18O3S. The number of benzene rings is 2. The number of aliphatic hydroxyl groups is 1. The molecule has 0 bridgehead atoms. The number of fused-ring (bicyclic) bond motifs is 1. The van der Waals surface area contributed by atoms with Crippen molar-refractivity contribution in [2.45, 2.75) is 30.6 Å². The van der Waals surface area contributed by atoms with Crippen LogP contribution in [0.4, 0.5) is 0 Å². The Labute approximate surface area is 130 Å². The summed E-state index contributed by atoms with van der Waals surface area (Å²) in [7, 11) is -3.47. The summed E-state index contributed by atoms with van der Waals surface area (Å²) in [5.41, 5.74) is 4.36. The molecule has 1 aliphatic carbocycles. The second-order valence-corrected chi connectivity index (χ2v) is 7.66. The van der Waals surface area contributed by atoms with Crippen LogP contribution < -0.4 is 0 Å². The van der Waals surface area contributed by atoms with Crippen molar-refractivity contribution in [3.8, 4) is 0 Å². The molecule has 0 aliphatic heterocycles. The third kappa shape index (κ3) is 2.19. The first kappa shape index (κ1) is 15.0. The van der Waals surface area contributed by atoms with Gasteiger partial charge in [-0.15, -0.1) is 0 Å². The summed E-state index contributed by atoms with van der Waals surface area (Å²) in [6.07, 6.45) is 0. The lowest BCUT2D eigenvalue weighted by molar-refractivity contribution is 0.282. The van der Waals surface area contributed by atoms with Crippen molar-refractivity contribution < 1.29 is 13.5 Å². The lowest BCUT2D eigenvalue weighted by atomic mass is 10.0. The Balaban J connectivity index is 2.19. The van der Waals surface area contributed by atoms with Crippen LogP contribution in [0.3, 0.4) is 0 Å². The number of allylic oxidation sites excluding steroid dienone is 1. The van der Waals surface area contributed by atoms with Crippen molar-refractivity contribution in [3.63, 3.8) is 0 Å². The largest absolute Gasteiger partial charge is 0.392 e. The Kier molecular flexibility index (Phi) is 3.67. The van der Waals surface area contributed by atoms with Gasteiger partial charge in [-0.1, -0.05) is 30.3 Å². The monoisotopic (exact) mass is 314 g/mol. The van der Waals surface area contributed by atoms with Gasteiger partial charge in [0.1, 0.15) is 5.25 Å². The average Bonchev–Trinajstić information content (AvgIpc) is 2.79. The van der Waals surface area contributed by atoms with Gasteiger partial charge in [-0.2, -0.15) is 0 Å². The summed E-state index contributed by atoms with van der Waals surface area (Å²) >= 11 is 0. The van der Waals surface area contributed by atoms with E-state index in [4.69, 9.17) is 0 Å². The molecule has 4 heteroatoms. The van der Waals surface area contributed by atoms with Gasteiger partial charge in [0.15, 0.2) is 9.84 Å². The van der Waals surface area contributed by atoms with Crippen molar-refractivity contribution in [2.75, 3.05) is 0 Å². The van der Waals surface area contributed by atoms with E-state index in [-0.39, 0.29) is 6.61 Å². The molecule has 1 unspecified atom stereocenters. The van der Waals surface area contributed by atoms with Crippen LogP contribution in [0.25, 0.3) is 5.57 Å². The fourth-order valence-electron chi connectivity index (χ4n) is 3.04. The first-order chi connectivity index (χ1) is 10.5. The minimum atomic E-state index is -3.47. The van der Waals surface area contributed by atoms with Crippen LogP contribution in [0.5, 0.6) is 0 Å². The summed E-state index contributed by atoms with van der Waals surface area (Å²) in [4.78, 5) is 0.339. The van der Waals surface area contributed by atoms with Gasteiger partial charge in [0, 0.05) is 0 Å². The predicted molar refractivity (Wildman–Crippen MR) is 87.0 cm³/mol. The van der Waals surface area contributed by atoms with E-state index in [1.165, 1.54) is 0 Å². The van der Waals surface area contributed by atoms with E-state index < -0.39 is 15.1 Å². The maximum Gasteiger partial charge on any atom is 0.189 e. The molecule has 0 spiro atoms. The van der Waals surface area contributed by atoms with Gasteiger partial charge >= 0.3 is 0 Å². The van der Waals surface area contributed by atoms with Crippen LogP contribution in [0, 0.1) is 0 Å². The van der Waals surface area contributed by atoms with E-state index in [2.05, 4.69) is 0 Å². The molecule has 3 nitrogen and oxygen atoms in total. The summed E-state index contributed by atoms with van der Waals surface area (Å²) in [5, 5.41) is 8.65. The van der Waals surface area contributed by atoms with Crippen LogP contribution in [0.15, 0.2) is 59.0 Å². The van der Waals surface area contributed by atoms with Crippen molar-refractivity contribution in [3.05, 3.63) is 70.8 Å². The van der Waals surface area contributed by atoms with Gasteiger partial charge in [0.2, 0.25) is 0 Å². The predicted octanol–water partition coefficient (Wildman–Crippen LogP) is 3.50. The molecule has 114 valence electrons. The van der Waals surface area contributed by atoms with Crippen molar-refractivity contribution in [2.24, 2.45) is 0 Å². The zero-order chi connectivity index (χ0) is 15.9. The highest BCUT2D eigenvalue weighted by Gasteiger charge is 2.37. The molecule has 0 saturated heterocycles. The Hall–Kier alpha value is -1.91. The average molecular weight is 314 g/mol. The molecule has 3 rings (SSSR count). The summed E-state index contributed by atoms with van der Waals surface area (Å²) < 4.78 is 26.0. The van der Waals surface area contributed by atoms with Crippen LogP contribution in [-0.4, -0.2) is 13.5 Å². The van der Waals surface area contributed by atoms with E-state index in [0.29, 0.717) is 4.90 Å². The fourth-order valence-corrected chi connectivity index (χ4v) is 5.03. The zero-order valence-electron chi connectivity index (χ0n) is 12.6. The Bertz CT molecular complexity index is 849. The summed E-state index contributed by atoms with van der Waals surface area (Å²) in [6.45, 7) is 3.77. The van der Waals surface area contributed by atoms with Gasteiger partial charge in [0.05, 0.1) is 11.5 Å². The lowest BCUT2D eigenvalue weighted by Crippen LogP contribution is -2.13. The quantitative estimate of drug-likeness (QED) is 0.943. The Morgan fingerprint density at radius 2 is 1.73 bits per heavy atom. The molecular weight excluding hydrogens is 296 g/mol. The molecule has 1 aliphatic rings. The number of hydrogen-bond donors (Lipinski definition) is 1. The van der Waals surface area contributed by atoms with Gasteiger partial charge in [-0.05, 0) is 59.9 Å². The molecule has 0 aromatic heterocycles. The van der Waals surface area contributed by atoms with Gasteiger partial charge in [0.25, 0.3) is 0 Å². The molecule has 1 N–H and O–H groups in total. The van der Waals surface area contributed by atoms with Gasteiger partial charge in [-0.3, -0.25) is 0 Å². The normalized spacial score (nSPS) is 17.7. The van der Waals surface area contributed by atoms with Crippen molar-refractivity contribution >= 4 is 15.4 Å². The maximum atomic E-state index is 13.0. The minimum absolute atomic E-state index is 0.0459. The van der Waals surface area contributed by atoms with Gasteiger partial charge in [-0.25, -0.2) is 8.42 Å². The molecule has 2 aromatic carbocycles. The highest BCUT2D eigenvalue weighted by Crippen LogP contribution is 2.46. The second-order valence-electron chi connectivity index (χ2n) is 5.63. The topological polar surface area (TPSA) is 54.4 Å². The van der Waals surface area contributed by atoms with Crippen molar-refractivity contribution in [1.29, 1.82) is 0 Å². The van der Waals surface area contributed by atoms with Crippen molar-refractivity contribution in [1.82, 2.24) is 0 Å². The number of sulfone groups is 1. The van der Waals surface area contributed by atoms with Crippen LogP contribution >= 0.6 is 0 Å². The maximum absolute atomic E-state index is 13.0. The molecule has 2 aromatic rings. The minimum Gasteiger partial charge on any atom is -0.392 e. The van der Waals surface area contributed by atoms with E-state index in [0.717, 1.165) is 27.8 Å².